The van der Waals surface area contributed by atoms with E-state index in [1.54, 1.807) is 27.7 Å². The monoisotopic (exact) mass is 272 g/mol. The Morgan fingerprint density at radius 2 is 1.74 bits per heavy atom. The number of rotatable bonds is 5. The molecule has 0 aliphatic carbocycles. The van der Waals surface area contributed by atoms with Gasteiger partial charge in [-0.15, -0.1) is 0 Å². The summed E-state index contributed by atoms with van der Waals surface area (Å²) in [6.07, 6.45) is 0. The molecule has 2 N–H and O–H groups in total. The molecule has 19 heavy (non-hydrogen) atoms. The predicted molar refractivity (Wildman–Crippen MR) is 71.4 cm³/mol. The second-order valence-electron chi connectivity index (χ2n) is 5.87. The van der Waals surface area contributed by atoms with Crippen molar-refractivity contribution in [2.24, 2.45) is 17.3 Å². The minimum atomic E-state index is -1.14. The van der Waals surface area contributed by atoms with E-state index in [0.29, 0.717) is 0 Å². The van der Waals surface area contributed by atoms with Crippen LogP contribution in [0.2, 0.25) is 0 Å². The second kappa shape index (κ2) is 6.54. The van der Waals surface area contributed by atoms with Crippen molar-refractivity contribution in [3.63, 3.8) is 0 Å². The first-order valence-electron chi connectivity index (χ1n) is 6.21. The smallest absolute Gasteiger partial charge is 0.316 e. The molecule has 0 spiro atoms. The summed E-state index contributed by atoms with van der Waals surface area (Å²) in [6.45, 7) is 7.01. The molecule has 0 heterocycles. The van der Waals surface area contributed by atoms with Gasteiger partial charge >= 0.3 is 5.97 Å². The molecule has 0 bridgehead atoms. The molecule has 110 valence electrons. The highest BCUT2D eigenvalue weighted by Gasteiger charge is 2.39. The van der Waals surface area contributed by atoms with Crippen LogP contribution in [0.25, 0.3) is 0 Å². The maximum absolute atomic E-state index is 12.2. The lowest BCUT2D eigenvalue weighted by Gasteiger charge is -2.30. The zero-order valence-electron chi connectivity index (χ0n) is 12.5. The van der Waals surface area contributed by atoms with E-state index in [2.05, 4.69) is 5.32 Å². The van der Waals surface area contributed by atoms with E-state index < -0.39 is 23.2 Å². The molecule has 0 radical (unpaired) electrons. The quantitative estimate of drug-likeness (QED) is 0.716. The lowest BCUT2D eigenvalue weighted by molar-refractivity contribution is -0.155. The molecule has 2 atom stereocenters. The van der Waals surface area contributed by atoms with Crippen LogP contribution >= 0.6 is 0 Å². The van der Waals surface area contributed by atoms with Crippen molar-refractivity contribution in [1.29, 1.82) is 0 Å². The van der Waals surface area contributed by atoms with Gasteiger partial charge in [-0.1, -0.05) is 27.7 Å². The summed E-state index contributed by atoms with van der Waals surface area (Å²) in [5.74, 6) is -3.29. The van der Waals surface area contributed by atoms with E-state index in [1.807, 2.05) is 0 Å². The van der Waals surface area contributed by atoms with Gasteiger partial charge in [-0.2, -0.15) is 0 Å². The van der Waals surface area contributed by atoms with Gasteiger partial charge in [0, 0.05) is 20.6 Å². The molecule has 0 fully saturated rings. The largest absolute Gasteiger partial charge is 0.481 e. The average Bonchev–Trinajstić information content (AvgIpc) is 2.24. The molecule has 0 saturated carbocycles. The van der Waals surface area contributed by atoms with Crippen molar-refractivity contribution >= 4 is 17.8 Å². The highest BCUT2D eigenvalue weighted by molar-refractivity contribution is 5.97. The summed E-state index contributed by atoms with van der Waals surface area (Å²) in [6, 6.07) is 0. The first kappa shape index (κ1) is 17.4. The van der Waals surface area contributed by atoms with Crippen molar-refractivity contribution in [2.75, 3.05) is 20.6 Å². The van der Waals surface area contributed by atoms with Gasteiger partial charge < -0.3 is 15.3 Å². The molecule has 0 saturated heterocycles. The Morgan fingerprint density at radius 3 is 2.05 bits per heavy atom. The van der Waals surface area contributed by atoms with Gasteiger partial charge in [0.05, 0.1) is 5.92 Å². The molecule has 0 aliphatic heterocycles. The fourth-order valence-electron chi connectivity index (χ4n) is 1.90. The van der Waals surface area contributed by atoms with E-state index in [4.69, 9.17) is 0 Å². The maximum Gasteiger partial charge on any atom is 0.316 e. The number of nitrogens with zero attached hydrogens (tertiary/aromatic N) is 1. The van der Waals surface area contributed by atoms with Crippen molar-refractivity contribution in [3.05, 3.63) is 0 Å². The number of carboxylic acid groups (broad SMARTS) is 1. The van der Waals surface area contributed by atoms with Gasteiger partial charge in [0.2, 0.25) is 11.8 Å². The number of hydrogen-bond donors (Lipinski definition) is 2. The van der Waals surface area contributed by atoms with E-state index in [1.165, 1.54) is 19.0 Å². The number of aliphatic carboxylic acids is 1. The van der Waals surface area contributed by atoms with Crippen molar-refractivity contribution in [3.8, 4) is 0 Å². The molecule has 6 heteroatoms. The summed E-state index contributed by atoms with van der Waals surface area (Å²) in [7, 11) is 3.04. The fourth-order valence-corrected chi connectivity index (χ4v) is 1.90. The van der Waals surface area contributed by atoms with Gasteiger partial charge in [0.15, 0.2) is 0 Å². The molecule has 0 rings (SSSR count). The van der Waals surface area contributed by atoms with Crippen LogP contribution in [0.3, 0.4) is 0 Å². The third-order valence-corrected chi connectivity index (χ3v) is 2.98. The van der Waals surface area contributed by atoms with Crippen LogP contribution in [0.5, 0.6) is 0 Å². The zero-order valence-corrected chi connectivity index (χ0v) is 12.5. The van der Waals surface area contributed by atoms with Crippen LogP contribution < -0.4 is 5.32 Å². The SMILES string of the molecule is CNC(=O)C(C)CN(C)C(=O)C(C(=O)O)C(C)(C)C. The summed E-state index contributed by atoms with van der Waals surface area (Å²) < 4.78 is 0. The van der Waals surface area contributed by atoms with Gasteiger partial charge in [-0.25, -0.2) is 0 Å². The Hall–Kier alpha value is -1.59. The first-order valence-corrected chi connectivity index (χ1v) is 6.21. The topological polar surface area (TPSA) is 86.7 Å². The summed E-state index contributed by atoms with van der Waals surface area (Å²) in [5, 5.41) is 11.7. The van der Waals surface area contributed by atoms with Gasteiger partial charge in [0.1, 0.15) is 5.92 Å². The summed E-state index contributed by atoms with van der Waals surface area (Å²) in [5.41, 5.74) is -0.673. The minimum Gasteiger partial charge on any atom is -0.481 e. The molecular weight excluding hydrogens is 248 g/mol. The highest BCUT2D eigenvalue weighted by atomic mass is 16.4. The Kier molecular flexibility index (Phi) is 5.99. The molecular formula is C13H24N2O4. The molecule has 2 amide bonds. The molecule has 0 aliphatic rings. The summed E-state index contributed by atoms with van der Waals surface area (Å²) >= 11 is 0. The van der Waals surface area contributed by atoms with Crippen molar-refractivity contribution < 1.29 is 19.5 Å². The summed E-state index contributed by atoms with van der Waals surface area (Å²) in [4.78, 5) is 36.1. The third-order valence-electron chi connectivity index (χ3n) is 2.98. The van der Waals surface area contributed by atoms with Crippen molar-refractivity contribution in [1.82, 2.24) is 10.2 Å². The lowest BCUT2D eigenvalue weighted by Crippen LogP contribution is -2.46. The molecule has 2 unspecified atom stereocenters. The Bertz CT molecular complexity index is 360. The number of amides is 2. The molecule has 0 aromatic rings. The zero-order chi connectivity index (χ0) is 15.4. The van der Waals surface area contributed by atoms with Crippen LogP contribution in [0.4, 0.5) is 0 Å². The van der Waals surface area contributed by atoms with Gasteiger partial charge in [-0.05, 0) is 5.41 Å². The van der Waals surface area contributed by atoms with Crippen LogP contribution in [-0.4, -0.2) is 48.4 Å². The highest BCUT2D eigenvalue weighted by Crippen LogP contribution is 2.27. The molecule has 0 aromatic heterocycles. The predicted octanol–water partition coefficient (Wildman–Crippen LogP) is 0.574. The molecule has 6 nitrogen and oxygen atoms in total. The van der Waals surface area contributed by atoms with E-state index in [9.17, 15) is 19.5 Å². The van der Waals surface area contributed by atoms with Crippen molar-refractivity contribution in [2.45, 2.75) is 27.7 Å². The number of carbonyl (C=O) groups is 3. The van der Waals surface area contributed by atoms with E-state index in [0.717, 1.165) is 0 Å². The van der Waals surface area contributed by atoms with E-state index >= 15 is 0 Å². The standard InChI is InChI=1S/C13H24N2O4/c1-8(10(16)14-5)7-15(6)11(17)9(12(18)19)13(2,3)4/h8-9H,7H2,1-6H3,(H,14,16)(H,18,19). The number of hydrogen-bond acceptors (Lipinski definition) is 3. The lowest BCUT2D eigenvalue weighted by atomic mass is 9.80. The molecule has 0 aromatic carbocycles. The Balaban J connectivity index is 4.89. The van der Waals surface area contributed by atoms with E-state index in [-0.39, 0.29) is 18.4 Å². The number of nitrogens with one attached hydrogen (secondary N) is 1. The maximum atomic E-state index is 12.2. The number of carboxylic acids is 1. The van der Waals surface area contributed by atoms with Gasteiger partial charge in [-0.3, -0.25) is 14.4 Å². The Morgan fingerprint density at radius 1 is 1.26 bits per heavy atom. The normalized spacial score (nSPS) is 14.4. The van der Waals surface area contributed by atoms with Gasteiger partial charge in [0.25, 0.3) is 0 Å². The Labute approximate surface area is 114 Å². The minimum absolute atomic E-state index is 0.178. The van der Waals surface area contributed by atoms with Crippen LogP contribution in [-0.2, 0) is 14.4 Å². The van der Waals surface area contributed by atoms with Crippen LogP contribution in [0, 0.1) is 17.3 Å². The second-order valence-corrected chi connectivity index (χ2v) is 5.87. The third kappa shape index (κ3) is 4.89. The van der Waals surface area contributed by atoms with Crippen LogP contribution in [0.1, 0.15) is 27.7 Å². The average molecular weight is 272 g/mol. The fraction of sp³-hybridized carbons (Fsp3) is 0.769. The first-order chi connectivity index (χ1) is 8.52. The number of carbonyl (C=O) groups excluding carboxylic acids is 2. The van der Waals surface area contributed by atoms with Crippen LogP contribution in [0.15, 0.2) is 0 Å².